The molecule has 1 saturated heterocycles. The number of piperidine rings is 1. The topological polar surface area (TPSA) is 79.4 Å². The van der Waals surface area contributed by atoms with Crippen molar-refractivity contribution in [1.29, 1.82) is 0 Å². The highest BCUT2D eigenvalue weighted by molar-refractivity contribution is 7.89. The summed E-state index contributed by atoms with van der Waals surface area (Å²) in [6.45, 7) is 0.818. The van der Waals surface area contributed by atoms with Gasteiger partial charge in [-0.3, -0.25) is 4.79 Å². The zero-order valence-corrected chi connectivity index (χ0v) is 17.6. The van der Waals surface area contributed by atoms with E-state index in [2.05, 4.69) is 9.71 Å². The van der Waals surface area contributed by atoms with Crippen molar-refractivity contribution < 1.29 is 17.6 Å². The molecule has 1 aliphatic rings. The maximum absolute atomic E-state index is 13.4. The van der Waals surface area contributed by atoms with Gasteiger partial charge in [-0.2, -0.15) is 0 Å². The number of carbonyl (C=O) groups is 1. The van der Waals surface area contributed by atoms with Gasteiger partial charge in [-0.05, 0) is 49.2 Å². The third kappa shape index (κ3) is 4.75. The largest absolute Gasteiger partial charge is 0.338 e. The van der Waals surface area contributed by atoms with Crippen molar-refractivity contribution in [3.63, 3.8) is 0 Å². The molecule has 1 N–H and O–H groups in total. The highest BCUT2D eigenvalue weighted by atomic mass is 32.2. The van der Waals surface area contributed by atoms with Gasteiger partial charge in [0.05, 0.1) is 15.1 Å². The Bertz CT molecular complexity index is 1170. The predicted molar refractivity (Wildman–Crippen MR) is 115 cm³/mol. The van der Waals surface area contributed by atoms with Crippen LogP contribution in [-0.2, 0) is 14.8 Å². The van der Waals surface area contributed by atoms with Crippen molar-refractivity contribution in [2.45, 2.75) is 23.8 Å². The van der Waals surface area contributed by atoms with Gasteiger partial charge in [-0.1, -0.05) is 18.2 Å². The lowest BCUT2D eigenvalue weighted by molar-refractivity contribution is -0.127. The van der Waals surface area contributed by atoms with E-state index in [1.165, 1.54) is 35.6 Å². The van der Waals surface area contributed by atoms with E-state index in [-0.39, 0.29) is 17.3 Å². The quantitative estimate of drug-likeness (QED) is 0.611. The summed E-state index contributed by atoms with van der Waals surface area (Å²) in [5.74, 6) is -0.804. The first-order valence-electron chi connectivity index (χ1n) is 9.51. The molecule has 156 valence electrons. The van der Waals surface area contributed by atoms with Gasteiger partial charge in [0, 0.05) is 25.2 Å². The summed E-state index contributed by atoms with van der Waals surface area (Å²) in [4.78, 5) is 18.6. The van der Waals surface area contributed by atoms with Gasteiger partial charge in [-0.15, -0.1) is 11.3 Å². The number of likely N-dealkylation sites (tertiary alicyclic amines) is 1. The molecule has 1 aliphatic heterocycles. The number of aromatic nitrogens is 1. The second kappa shape index (κ2) is 8.63. The number of halogens is 1. The molecule has 0 bridgehead atoms. The minimum Gasteiger partial charge on any atom is -0.338 e. The monoisotopic (exact) mass is 445 g/mol. The standard InChI is InChI=1S/C21H20FN3O3S2/c22-15-5-3-7-17(13-15)30(27,28)24-16-6-4-12-25(14-16)21(26)11-10-20-23-18-8-1-2-9-19(18)29-20/h1-3,5,7-11,13,16,24H,4,6,12,14H2/b11-10+. The normalized spacial score (nSPS) is 17.6. The van der Waals surface area contributed by atoms with E-state index in [0.717, 1.165) is 21.3 Å². The van der Waals surface area contributed by atoms with Crippen LogP contribution in [0.5, 0.6) is 0 Å². The van der Waals surface area contributed by atoms with E-state index in [9.17, 15) is 17.6 Å². The van der Waals surface area contributed by atoms with Crippen LogP contribution >= 0.6 is 11.3 Å². The number of para-hydroxylation sites is 1. The summed E-state index contributed by atoms with van der Waals surface area (Å²) in [7, 11) is -3.86. The first-order valence-corrected chi connectivity index (χ1v) is 11.8. The van der Waals surface area contributed by atoms with Crippen molar-refractivity contribution in [3.8, 4) is 0 Å². The van der Waals surface area contributed by atoms with Gasteiger partial charge < -0.3 is 4.90 Å². The second-order valence-electron chi connectivity index (χ2n) is 7.06. The van der Waals surface area contributed by atoms with Crippen LogP contribution in [0.1, 0.15) is 17.8 Å². The smallest absolute Gasteiger partial charge is 0.246 e. The fourth-order valence-corrected chi connectivity index (χ4v) is 5.57. The van der Waals surface area contributed by atoms with Gasteiger partial charge in [0.2, 0.25) is 15.9 Å². The van der Waals surface area contributed by atoms with Crippen molar-refractivity contribution in [3.05, 3.63) is 65.4 Å². The van der Waals surface area contributed by atoms with E-state index in [4.69, 9.17) is 0 Å². The van der Waals surface area contributed by atoms with Crippen LogP contribution in [0.3, 0.4) is 0 Å². The van der Waals surface area contributed by atoms with Crippen molar-refractivity contribution in [2.24, 2.45) is 0 Å². The number of benzene rings is 2. The summed E-state index contributed by atoms with van der Waals surface area (Å²) >= 11 is 1.50. The Morgan fingerprint density at radius 3 is 2.87 bits per heavy atom. The van der Waals surface area contributed by atoms with Crippen molar-refractivity contribution >= 4 is 43.6 Å². The molecule has 9 heteroatoms. The lowest BCUT2D eigenvalue weighted by Crippen LogP contribution is -2.49. The Kier molecular flexibility index (Phi) is 5.94. The number of rotatable bonds is 5. The molecule has 6 nitrogen and oxygen atoms in total. The first kappa shape index (κ1) is 20.6. The molecule has 0 spiro atoms. The molecule has 1 fully saturated rings. The van der Waals surface area contributed by atoms with E-state index in [1.807, 2.05) is 24.3 Å². The summed E-state index contributed by atoms with van der Waals surface area (Å²) in [5, 5.41) is 0.741. The lowest BCUT2D eigenvalue weighted by atomic mass is 10.1. The molecule has 0 aliphatic carbocycles. The van der Waals surface area contributed by atoms with Gasteiger partial charge in [-0.25, -0.2) is 22.5 Å². The molecule has 1 aromatic heterocycles. The van der Waals surface area contributed by atoms with E-state index >= 15 is 0 Å². The summed E-state index contributed by atoms with van der Waals surface area (Å²) in [6.07, 6.45) is 4.45. The molecule has 4 rings (SSSR count). The molecule has 3 aromatic rings. The molecule has 2 aromatic carbocycles. The van der Waals surface area contributed by atoms with Gasteiger partial charge in [0.1, 0.15) is 10.8 Å². The fourth-order valence-electron chi connectivity index (χ4n) is 3.40. The van der Waals surface area contributed by atoms with Crippen LogP contribution < -0.4 is 4.72 Å². The zero-order chi connectivity index (χ0) is 21.1. The number of nitrogens with one attached hydrogen (secondary N) is 1. The van der Waals surface area contributed by atoms with Crippen LogP contribution in [0.15, 0.2) is 59.5 Å². The average Bonchev–Trinajstić information content (AvgIpc) is 3.15. The predicted octanol–water partition coefficient (Wildman–Crippen LogP) is 3.42. The SMILES string of the molecule is O=C(/C=C/c1nc2ccccc2s1)N1CCCC(NS(=O)(=O)c2cccc(F)c2)C1. The second-order valence-corrected chi connectivity index (χ2v) is 9.83. The minimum atomic E-state index is -3.86. The molecule has 1 unspecified atom stereocenters. The molecule has 1 atom stereocenters. The van der Waals surface area contributed by atoms with Crippen LogP contribution in [0.25, 0.3) is 16.3 Å². The number of fused-ring (bicyclic) bond motifs is 1. The van der Waals surface area contributed by atoms with Gasteiger partial charge in [0.15, 0.2) is 0 Å². The minimum absolute atomic E-state index is 0.123. The third-order valence-electron chi connectivity index (χ3n) is 4.84. The van der Waals surface area contributed by atoms with Crippen LogP contribution in [-0.4, -0.2) is 43.3 Å². The van der Waals surface area contributed by atoms with Crippen molar-refractivity contribution in [1.82, 2.24) is 14.6 Å². The molecular weight excluding hydrogens is 425 g/mol. The summed E-state index contributed by atoms with van der Waals surface area (Å²) in [6, 6.07) is 12.2. The molecule has 2 heterocycles. The Balaban J connectivity index is 1.41. The first-order chi connectivity index (χ1) is 14.4. The maximum atomic E-state index is 13.4. The zero-order valence-electron chi connectivity index (χ0n) is 16.0. The molecule has 30 heavy (non-hydrogen) atoms. The lowest BCUT2D eigenvalue weighted by Gasteiger charge is -2.32. The molecule has 0 radical (unpaired) electrons. The Hall–Kier alpha value is -2.62. The van der Waals surface area contributed by atoms with E-state index < -0.39 is 21.9 Å². The van der Waals surface area contributed by atoms with Crippen LogP contribution in [0, 0.1) is 5.82 Å². The number of nitrogens with zero attached hydrogens (tertiary/aromatic N) is 2. The number of thiazole rings is 1. The van der Waals surface area contributed by atoms with Crippen LogP contribution in [0.4, 0.5) is 4.39 Å². The Morgan fingerprint density at radius 1 is 1.23 bits per heavy atom. The van der Waals surface area contributed by atoms with Crippen molar-refractivity contribution in [2.75, 3.05) is 13.1 Å². The van der Waals surface area contributed by atoms with Crippen LogP contribution in [0.2, 0.25) is 0 Å². The Morgan fingerprint density at radius 2 is 2.07 bits per heavy atom. The summed E-state index contributed by atoms with van der Waals surface area (Å²) in [5.41, 5.74) is 0.888. The van der Waals surface area contributed by atoms with Gasteiger partial charge in [0.25, 0.3) is 0 Å². The number of hydrogen-bond donors (Lipinski definition) is 1. The molecule has 0 saturated carbocycles. The van der Waals surface area contributed by atoms with Gasteiger partial charge >= 0.3 is 0 Å². The number of sulfonamides is 1. The Labute approximate surface area is 178 Å². The highest BCUT2D eigenvalue weighted by Gasteiger charge is 2.27. The summed E-state index contributed by atoms with van der Waals surface area (Å²) < 4.78 is 42.1. The van der Waals surface area contributed by atoms with E-state index in [1.54, 1.807) is 11.0 Å². The maximum Gasteiger partial charge on any atom is 0.246 e. The molecule has 1 amide bonds. The average molecular weight is 446 g/mol. The molecular formula is C21H20FN3O3S2. The number of amides is 1. The number of carbonyl (C=O) groups excluding carboxylic acids is 1. The highest BCUT2D eigenvalue weighted by Crippen LogP contribution is 2.22. The van der Waals surface area contributed by atoms with E-state index in [0.29, 0.717) is 19.4 Å². The third-order valence-corrected chi connectivity index (χ3v) is 7.36. The number of hydrogen-bond acceptors (Lipinski definition) is 5. The fraction of sp³-hybridized carbons (Fsp3) is 0.238.